The van der Waals surface area contributed by atoms with Crippen LogP contribution in [0.5, 0.6) is 0 Å². The largest absolute Gasteiger partial charge is 0.356 e. The molecule has 0 unspecified atom stereocenters. The van der Waals surface area contributed by atoms with Gasteiger partial charge in [-0.1, -0.05) is 37.5 Å². The summed E-state index contributed by atoms with van der Waals surface area (Å²) in [6.45, 7) is 2.01. The summed E-state index contributed by atoms with van der Waals surface area (Å²) >= 11 is 0. The van der Waals surface area contributed by atoms with Crippen molar-refractivity contribution in [2.75, 3.05) is 6.54 Å². The van der Waals surface area contributed by atoms with Crippen molar-refractivity contribution in [3.8, 4) is 0 Å². The number of rotatable bonds is 6. The lowest BCUT2D eigenvalue weighted by molar-refractivity contribution is -0.118. The summed E-state index contributed by atoms with van der Waals surface area (Å²) in [5, 5.41) is 3.63. The van der Waals surface area contributed by atoms with Crippen LogP contribution >= 0.6 is 0 Å². The van der Waals surface area contributed by atoms with Crippen LogP contribution in [0, 0.1) is 0 Å². The molecule has 172 valence electrons. The number of hydrogen-bond donors (Lipinski definition) is 1. The molecule has 1 N–H and O–H groups in total. The van der Waals surface area contributed by atoms with Crippen LogP contribution in [-0.4, -0.2) is 39.4 Å². The van der Waals surface area contributed by atoms with Gasteiger partial charge < -0.3 is 9.88 Å². The quantitative estimate of drug-likeness (QED) is 0.467. The van der Waals surface area contributed by atoms with Gasteiger partial charge in [0.1, 0.15) is 11.3 Å². The number of aromatic nitrogens is 4. The summed E-state index contributed by atoms with van der Waals surface area (Å²) < 4.78 is 30.1. The third-order valence-corrected chi connectivity index (χ3v) is 8.04. The Morgan fingerprint density at radius 2 is 1.88 bits per heavy atom. The monoisotopic (exact) mass is 465 g/mol. The van der Waals surface area contributed by atoms with Gasteiger partial charge in [0.2, 0.25) is 5.91 Å². The molecule has 33 heavy (non-hydrogen) atoms. The number of nitrogens with one attached hydrogen (secondary N) is 1. The van der Waals surface area contributed by atoms with E-state index >= 15 is 0 Å². The van der Waals surface area contributed by atoms with Gasteiger partial charge in [0.15, 0.2) is 5.65 Å². The van der Waals surface area contributed by atoms with Crippen LogP contribution in [0.2, 0.25) is 0 Å². The van der Waals surface area contributed by atoms with Crippen LogP contribution < -0.4 is 5.32 Å². The maximum atomic E-state index is 13.3. The van der Waals surface area contributed by atoms with E-state index in [-0.39, 0.29) is 10.8 Å². The standard InChI is InChI=1S/C24H27N5O3S/c1-17(30)25-14-12-22-27-21-16-26-24-20(23(21)29(22)18-8-4-2-5-9-18)13-15-28(24)33(31,32)19-10-6-3-7-11-19/h3,6-7,10-11,13,15-16,18H,2,4-5,8-9,12,14H2,1H3,(H,25,30). The Hall–Kier alpha value is -3.20. The molecule has 0 spiro atoms. The molecule has 0 saturated heterocycles. The van der Waals surface area contributed by atoms with Crippen molar-refractivity contribution in [2.24, 2.45) is 0 Å². The average Bonchev–Trinajstić information content (AvgIpc) is 3.41. The highest BCUT2D eigenvalue weighted by Crippen LogP contribution is 2.35. The predicted octanol–water partition coefficient (Wildman–Crippen LogP) is 3.81. The molecule has 3 aromatic heterocycles. The molecule has 4 aromatic rings. The van der Waals surface area contributed by atoms with Gasteiger partial charge in [-0.05, 0) is 31.0 Å². The first kappa shape index (κ1) is 21.6. The number of nitrogens with zero attached hydrogens (tertiary/aromatic N) is 4. The zero-order valence-corrected chi connectivity index (χ0v) is 19.4. The molecule has 1 aromatic carbocycles. The predicted molar refractivity (Wildman–Crippen MR) is 127 cm³/mol. The molecule has 1 fully saturated rings. The molecule has 1 aliphatic carbocycles. The molecule has 0 atom stereocenters. The number of hydrogen-bond acceptors (Lipinski definition) is 5. The molecular weight excluding hydrogens is 438 g/mol. The highest BCUT2D eigenvalue weighted by molar-refractivity contribution is 7.90. The second-order valence-electron chi connectivity index (χ2n) is 8.58. The number of benzene rings is 1. The zero-order valence-electron chi connectivity index (χ0n) is 18.6. The number of fused-ring (bicyclic) bond motifs is 3. The Labute approximate surface area is 192 Å². The number of pyridine rings is 1. The minimum atomic E-state index is -3.77. The molecule has 1 saturated carbocycles. The maximum absolute atomic E-state index is 13.3. The van der Waals surface area contributed by atoms with E-state index in [1.165, 1.54) is 17.3 Å². The molecule has 0 aliphatic heterocycles. The lowest BCUT2D eigenvalue weighted by Gasteiger charge is -2.26. The fourth-order valence-electron chi connectivity index (χ4n) is 4.85. The minimum absolute atomic E-state index is 0.0671. The van der Waals surface area contributed by atoms with E-state index in [0.29, 0.717) is 24.7 Å². The van der Waals surface area contributed by atoms with Crippen LogP contribution in [0.3, 0.4) is 0 Å². The summed E-state index contributed by atoms with van der Waals surface area (Å²) in [4.78, 5) is 21.0. The molecule has 1 aliphatic rings. The van der Waals surface area contributed by atoms with Crippen molar-refractivity contribution in [1.82, 2.24) is 23.8 Å². The first-order valence-electron chi connectivity index (χ1n) is 11.4. The Morgan fingerprint density at radius 3 is 2.61 bits per heavy atom. The lowest BCUT2D eigenvalue weighted by atomic mass is 9.95. The number of carbonyl (C=O) groups excluding carboxylic acids is 1. The topological polar surface area (TPSA) is 98.9 Å². The van der Waals surface area contributed by atoms with Gasteiger partial charge in [0.25, 0.3) is 10.0 Å². The van der Waals surface area contributed by atoms with Crippen LogP contribution in [0.4, 0.5) is 0 Å². The SMILES string of the molecule is CC(=O)NCCc1nc2cnc3c(ccn3S(=O)(=O)c3ccccc3)c2n1C1CCCCC1. The highest BCUT2D eigenvalue weighted by Gasteiger charge is 2.26. The van der Waals surface area contributed by atoms with Crippen LogP contribution in [0.1, 0.15) is 50.9 Å². The molecule has 8 nitrogen and oxygen atoms in total. The Morgan fingerprint density at radius 1 is 1.12 bits per heavy atom. The maximum Gasteiger partial charge on any atom is 0.269 e. The number of imidazole rings is 1. The van der Waals surface area contributed by atoms with Gasteiger partial charge in [0.05, 0.1) is 16.6 Å². The van der Waals surface area contributed by atoms with E-state index in [9.17, 15) is 13.2 Å². The summed E-state index contributed by atoms with van der Waals surface area (Å²) in [5.41, 5.74) is 2.07. The lowest BCUT2D eigenvalue weighted by Crippen LogP contribution is -2.24. The fraction of sp³-hybridized carbons (Fsp3) is 0.375. The van der Waals surface area contributed by atoms with Crippen LogP contribution in [-0.2, 0) is 21.2 Å². The number of amides is 1. The van der Waals surface area contributed by atoms with Crippen molar-refractivity contribution >= 4 is 38.0 Å². The second-order valence-corrected chi connectivity index (χ2v) is 10.4. The summed E-state index contributed by atoms with van der Waals surface area (Å²) in [6.07, 6.45) is 9.52. The van der Waals surface area contributed by atoms with E-state index in [2.05, 4.69) is 14.9 Å². The number of carbonyl (C=O) groups is 1. The smallest absolute Gasteiger partial charge is 0.269 e. The van der Waals surface area contributed by atoms with E-state index in [0.717, 1.165) is 47.9 Å². The summed E-state index contributed by atoms with van der Waals surface area (Å²) in [7, 11) is -3.77. The van der Waals surface area contributed by atoms with Crippen molar-refractivity contribution in [2.45, 2.75) is 56.4 Å². The second kappa shape index (κ2) is 8.62. The van der Waals surface area contributed by atoms with Crippen molar-refractivity contribution in [3.63, 3.8) is 0 Å². The molecular formula is C24H27N5O3S. The third kappa shape index (κ3) is 3.90. The Kier molecular flexibility index (Phi) is 5.65. The van der Waals surface area contributed by atoms with E-state index in [4.69, 9.17) is 4.98 Å². The van der Waals surface area contributed by atoms with Gasteiger partial charge in [-0.2, -0.15) is 0 Å². The summed E-state index contributed by atoms with van der Waals surface area (Å²) in [5.74, 6) is 0.834. The Balaban J connectivity index is 1.67. The van der Waals surface area contributed by atoms with Crippen molar-refractivity contribution in [1.29, 1.82) is 0 Å². The highest BCUT2D eigenvalue weighted by atomic mass is 32.2. The zero-order chi connectivity index (χ0) is 23.0. The Bertz CT molecular complexity index is 1420. The van der Waals surface area contributed by atoms with Crippen molar-refractivity contribution < 1.29 is 13.2 Å². The molecule has 9 heteroatoms. The van der Waals surface area contributed by atoms with Gasteiger partial charge in [0, 0.05) is 37.5 Å². The molecule has 0 bridgehead atoms. The van der Waals surface area contributed by atoms with Crippen LogP contribution in [0.15, 0.2) is 53.7 Å². The van der Waals surface area contributed by atoms with E-state index in [1.807, 2.05) is 6.07 Å². The van der Waals surface area contributed by atoms with Crippen LogP contribution in [0.25, 0.3) is 22.1 Å². The van der Waals surface area contributed by atoms with Gasteiger partial charge in [-0.25, -0.2) is 22.4 Å². The molecule has 1 amide bonds. The van der Waals surface area contributed by atoms with Gasteiger partial charge >= 0.3 is 0 Å². The molecule has 0 radical (unpaired) electrons. The molecule has 3 heterocycles. The van der Waals surface area contributed by atoms with Gasteiger partial charge in [-0.15, -0.1) is 0 Å². The first-order valence-corrected chi connectivity index (χ1v) is 12.8. The van der Waals surface area contributed by atoms with Gasteiger partial charge in [-0.3, -0.25) is 4.79 Å². The normalized spacial score (nSPS) is 15.3. The first-order chi connectivity index (χ1) is 16.0. The van der Waals surface area contributed by atoms with Crippen molar-refractivity contribution in [3.05, 3.63) is 54.6 Å². The fourth-order valence-corrected chi connectivity index (χ4v) is 6.18. The van der Waals surface area contributed by atoms with E-state index < -0.39 is 10.0 Å². The minimum Gasteiger partial charge on any atom is -0.356 e. The van der Waals surface area contributed by atoms with E-state index in [1.54, 1.807) is 42.7 Å². The third-order valence-electron chi connectivity index (χ3n) is 6.36. The average molecular weight is 466 g/mol. The molecule has 5 rings (SSSR count). The summed E-state index contributed by atoms with van der Waals surface area (Å²) in [6, 6.07) is 10.5.